The third-order valence-corrected chi connectivity index (χ3v) is 7.34. The van der Waals surface area contributed by atoms with E-state index in [1.807, 2.05) is 37.3 Å². The van der Waals surface area contributed by atoms with Crippen molar-refractivity contribution in [1.29, 1.82) is 0 Å². The number of carbonyl (C=O) groups excluding carboxylic acids is 3. The Labute approximate surface area is 258 Å². The van der Waals surface area contributed by atoms with Crippen LogP contribution in [0.4, 0.5) is 4.79 Å². The quantitative estimate of drug-likeness (QED) is 0.271. The Bertz CT molecular complexity index is 1230. The van der Waals surface area contributed by atoms with Gasteiger partial charge in [-0.1, -0.05) is 57.5 Å². The van der Waals surface area contributed by atoms with Crippen molar-refractivity contribution in [3.05, 3.63) is 42.1 Å². The maximum atomic E-state index is 13.5. The smallest absolute Gasteiger partial charge is 0.409 e. The molecule has 1 atom stereocenters. The number of aromatic nitrogens is 2. The van der Waals surface area contributed by atoms with Crippen LogP contribution in [-0.2, 0) is 14.3 Å². The number of likely N-dealkylation sites (N-methyl/N-ethyl adjacent to an activating group) is 1. The zero-order chi connectivity index (χ0) is 31.9. The first-order valence-electron chi connectivity index (χ1n) is 15.3. The van der Waals surface area contributed by atoms with Gasteiger partial charge in [-0.3, -0.25) is 14.4 Å². The highest BCUT2D eigenvalue weighted by atomic mass is 16.6. The fraction of sp³-hybridized carbons (Fsp3) is 0.548. The molecule has 3 rings (SSSR count). The van der Waals surface area contributed by atoms with Crippen LogP contribution >= 0.6 is 0 Å². The molecule has 1 aromatic heterocycles. The number of hydrogen-bond donors (Lipinski definition) is 2. The number of benzene rings is 1. The van der Waals surface area contributed by atoms with Crippen LogP contribution in [0.1, 0.15) is 56.9 Å². The molecule has 13 heteroatoms. The number of carboxylic acid groups (broad SMARTS) is 1. The van der Waals surface area contributed by atoms with Crippen LogP contribution in [0, 0.1) is 0 Å². The van der Waals surface area contributed by atoms with E-state index >= 15 is 0 Å². The number of carbonyl (C=O) groups is 4. The van der Waals surface area contributed by atoms with E-state index in [0.717, 1.165) is 25.9 Å². The van der Waals surface area contributed by atoms with E-state index in [9.17, 15) is 24.3 Å². The Morgan fingerprint density at radius 1 is 0.977 bits per heavy atom. The molecule has 1 fully saturated rings. The third-order valence-electron chi connectivity index (χ3n) is 7.34. The van der Waals surface area contributed by atoms with Gasteiger partial charge in [0, 0.05) is 50.8 Å². The molecule has 3 amide bonds. The SMILES string of the molecule is CCCCOC(=O)N1CCN(C(=O)[C@H](CCC(=O)O)NC(=O)c2cc(OCCN(CC)CC)nc(-c3ccccc3)n2)CC1. The lowest BCUT2D eigenvalue weighted by Gasteiger charge is -2.36. The summed E-state index contributed by atoms with van der Waals surface area (Å²) in [6.07, 6.45) is 0.835. The Hall–Kier alpha value is -4.26. The summed E-state index contributed by atoms with van der Waals surface area (Å²) in [4.78, 5) is 64.9. The number of ether oxygens (including phenoxy) is 2. The summed E-state index contributed by atoms with van der Waals surface area (Å²) in [7, 11) is 0. The molecule has 2 N–H and O–H groups in total. The summed E-state index contributed by atoms with van der Waals surface area (Å²) in [5.74, 6) is -1.67. The number of rotatable bonds is 16. The van der Waals surface area contributed by atoms with Crippen LogP contribution in [0.2, 0.25) is 0 Å². The molecule has 1 aliphatic rings. The second-order valence-corrected chi connectivity index (χ2v) is 10.4. The van der Waals surface area contributed by atoms with Crippen molar-refractivity contribution in [2.24, 2.45) is 0 Å². The molecular formula is C31H44N6O7. The average Bonchev–Trinajstić information content (AvgIpc) is 3.05. The summed E-state index contributed by atoms with van der Waals surface area (Å²) in [5, 5.41) is 12.0. The molecule has 0 spiro atoms. The molecule has 1 aromatic carbocycles. The molecule has 0 radical (unpaired) electrons. The molecule has 1 aliphatic heterocycles. The van der Waals surface area contributed by atoms with Crippen LogP contribution in [0.3, 0.4) is 0 Å². The summed E-state index contributed by atoms with van der Waals surface area (Å²) < 4.78 is 11.2. The lowest BCUT2D eigenvalue weighted by atomic mass is 10.1. The fourth-order valence-corrected chi connectivity index (χ4v) is 4.63. The molecule has 2 aromatic rings. The standard InChI is InChI=1S/C31H44N6O7/c1-4-7-20-44-31(42)37-17-15-36(16-18-37)30(41)24(13-14-27(38)39)33-29(40)25-22-26(43-21-19-35(5-2)6-3)34-28(32-25)23-11-9-8-10-12-23/h8-12,22,24H,4-7,13-21H2,1-3H3,(H,33,40)(H,38,39)/t24-/m0/s1. The zero-order valence-electron chi connectivity index (χ0n) is 25.9. The third kappa shape index (κ3) is 10.5. The summed E-state index contributed by atoms with van der Waals surface area (Å²) in [5.41, 5.74) is 0.671. The monoisotopic (exact) mass is 612 g/mol. The molecule has 13 nitrogen and oxygen atoms in total. The van der Waals surface area contributed by atoms with E-state index < -0.39 is 29.9 Å². The van der Waals surface area contributed by atoms with Gasteiger partial charge >= 0.3 is 12.1 Å². The number of amides is 3. The van der Waals surface area contributed by atoms with Crippen molar-refractivity contribution in [2.45, 2.75) is 52.5 Å². The molecule has 0 bridgehead atoms. The Balaban J connectivity index is 1.75. The van der Waals surface area contributed by atoms with Gasteiger partial charge in [-0.05, 0) is 25.9 Å². The maximum absolute atomic E-state index is 13.5. The van der Waals surface area contributed by atoms with Crippen molar-refractivity contribution in [3.63, 3.8) is 0 Å². The Morgan fingerprint density at radius 2 is 1.66 bits per heavy atom. The molecule has 44 heavy (non-hydrogen) atoms. The molecule has 240 valence electrons. The predicted octanol–water partition coefficient (Wildman–Crippen LogP) is 2.91. The Morgan fingerprint density at radius 3 is 2.30 bits per heavy atom. The number of aliphatic carboxylic acids is 1. The van der Waals surface area contributed by atoms with Gasteiger partial charge in [-0.25, -0.2) is 9.78 Å². The van der Waals surface area contributed by atoms with E-state index in [1.165, 1.54) is 15.9 Å². The lowest BCUT2D eigenvalue weighted by Crippen LogP contribution is -2.56. The van der Waals surface area contributed by atoms with Crippen molar-refractivity contribution >= 4 is 23.9 Å². The minimum Gasteiger partial charge on any atom is -0.481 e. The first-order chi connectivity index (χ1) is 21.2. The first kappa shape index (κ1) is 34.2. The zero-order valence-corrected chi connectivity index (χ0v) is 25.9. The van der Waals surface area contributed by atoms with Gasteiger partial charge in [0.2, 0.25) is 11.8 Å². The largest absolute Gasteiger partial charge is 0.481 e. The molecule has 0 saturated carbocycles. The van der Waals surface area contributed by atoms with Gasteiger partial charge in [-0.15, -0.1) is 0 Å². The van der Waals surface area contributed by atoms with Crippen LogP contribution in [-0.4, -0.2) is 119 Å². The highest BCUT2D eigenvalue weighted by Crippen LogP contribution is 2.20. The van der Waals surface area contributed by atoms with Crippen molar-refractivity contribution in [1.82, 2.24) is 30.0 Å². The number of piperazine rings is 1. The van der Waals surface area contributed by atoms with E-state index in [1.54, 1.807) is 0 Å². The maximum Gasteiger partial charge on any atom is 0.409 e. The number of hydrogen-bond acceptors (Lipinski definition) is 9. The van der Waals surface area contributed by atoms with Crippen LogP contribution < -0.4 is 10.1 Å². The predicted molar refractivity (Wildman–Crippen MR) is 163 cm³/mol. The van der Waals surface area contributed by atoms with Gasteiger partial charge < -0.3 is 34.6 Å². The molecule has 2 heterocycles. The second kappa shape index (κ2) is 17.8. The summed E-state index contributed by atoms with van der Waals surface area (Å²) >= 11 is 0. The Kier molecular flexibility index (Phi) is 13.8. The molecule has 0 aliphatic carbocycles. The van der Waals surface area contributed by atoms with E-state index in [4.69, 9.17) is 9.47 Å². The molecule has 0 unspecified atom stereocenters. The fourth-order valence-electron chi connectivity index (χ4n) is 4.63. The highest BCUT2D eigenvalue weighted by Gasteiger charge is 2.31. The second-order valence-electron chi connectivity index (χ2n) is 10.4. The minimum atomic E-state index is -1.11. The lowest BCUT2D eigenvalue weighted by molar-refractivity contribution is -0.138. The highest BCUT2D eigenvalue weighted by molar-refractivity contribution is 5.96. The van der Waals surface area contributed by atoms with Gasteiger partial charge in [0.1, 0.15) is 18.3 Å². The summed E-state index contributed by atoms with van der Waals surface area (Å²) in [6.45, 7) is 10.3. The van der Waals surface area contributed by atoms with Crippen molar-refractivity contribution in [3.8, 4) is 17.3 Å². The van der Waals surface area contributed by atoms with E-state index in [0.29, 0.717) is 25.3 Å². The van der Waals surface area contributed by atoms with E-state index in [2.05, 4.69) is 34.0 Å². The number of carboxylic acids is 1. The average molecular weight is 613 g/mol. The van der Waals surface area contributed by atoms with Gasteiger partial charge in [-0.2, -0.15) is 4.98 Å². The minimum absolute atomic E-state index is 0.00976. The first-order valence-corrected chi connectivity index (χ1v) is 15.3. The topological polar surface area (TPSA) is 154 Å². The van der Waals surface area contributed by atoms with Crippen molar-refractivity contribution in [2.75, 3.05) is 59.0 Å². The summed E-state index contributed by atoms with van der Waals surface area (Å²) in [6, 6.07) is 9.46. The van der Waals surface area contributed by atoms with E-state index in [-0.39, 0.29) is 56.4 Å². The normalized spacial score (nSPS) is 13.8. The van der Waals surface area contributed by atoms with Crippen LogP contribution in [0.5, 0.6) is 5.88 Å². The number of unbranched alkanes of at least 4 members (excludes halogenated alkanes) is 1. The number of nitrogens with zero attached hydrogens (tertiary/aromatic N) is 5. The molecular weight excluding hydrogens is 568 g/mol. The van der Waals surface area contributed by atoms with Crippen molar-refractivity contribution < 1.29 is 33.8 Å². The van der Waals surface area contributed by atoms with Gasteiger partial charge in [0.15, 0.2) is 5.82 Å². The van der Waals surface area contributed by atoms with Crippen LogP contribution in [0.25, 0.3) is 11.4 Å². The number of nitrogens with one attached hydrogen (secondary N) is 1. The van der Waals surface area contributed by atoms with Crippen LogP contribution in [0.15, 0.2) is 36.4 Å². The van der Waals surface area contributed by atoms with Gasteiger partial charge in [0.25, 0.3) is 5.91 Å². The molecule has 1 saturated heterocycles. The van der Waals surface area contributed by atoms with Gasteiger partial charge in [0.05, 0.1) is 6.61 Å².